The summed E-state index contributed by atoms with van der Waals surface area (Å²) in [7, 11) is 0. The molecule has 0 aliphatic rings. The molecule has 0 fully saturated rings. The minimum Gasteiger partial charge on any atom is -1.00 e. The molecule has 46 valence electrons. The molecular weight excluding hydrogens is 541 g/mol. The zero-order valence-corrected chi connectivity index (χ0v) is 20.1. The predicted octanol–water partition coefficient (Wildman–Crippen LogP) is -3.75. The van der Waals surface area contributed by atoms with Crippen LogP contribution in [0.25, 0.3) is 0 Å². The molecule has 0 N–H and O–H groups in total. The van der Waals surface area contributed by atoms with Crippen molar-refractivity contribution in [2.45, 2.75) is 0 Å². The normalized spacial score (nSPS) is 0. The first kappa shape index (κ1) is 66.3. The van der Waals surface area contributed by atoms with Crippen LogP contribution in [0.1, 0.15) is 4.28 Å². The third-order valence-electron chi connectivity index (χ3n) is 0. The van der Waals surface area contributed by atoms with Gasteiger partial charge in [0.2, 0.25) is 0 Å². The van der Waals surface area contributed by atoms with Gasteiger partial charge in [0.1, 0.15) is 0 Å². The number of hydrogen-bond acceptors (Lipinski definition) is 0. The van der Waals surface area contributed by atoms with E-state index >= 15 is 0 Å². The van der Waals surface area contributed by atoms with E-state index in [1.165, 1.54) is 0 Å². The van der Waals surface area contributed by atoms with E-state index in [0.717, 1.165) is 0 Å². The molecule has 0 aliphatic heterocycles. The van der Waals surface area contributed by atoms with Gasteiger partial charge in [0.05, 0.1) is 0 Å². The summed E-state index contributed by atoms with van der Waals surface area (Å²) in [4.78, 5) is 0. The Kier molecular flexibility index (Phi) is 434. The Labute approximate surface area is 181 Å². The minimum absolute atomic E-state index is 0. The van der Waals surface area contributed by atoms with Gasteiger partial charge in [-0.05, 0) is 0 Å². The van der Waals surface area contributed by atoms with Crippen LogP contribution in [0.5, 0.6) is 0 Å². The van der Waals surface area contributed by atoms with Gasteiger partial charge in [-0.1, -0.05) is 0 Å². The Hall–Kier alpha value is 5.92. The third-order valence-corrected chi connectivity index (χ3v) is 0. The van der Waals surface area contributed by atoms with Crippen molar-refractivity contribution in [3.8, 4) is 0 Å². The van der Waals surface area contributed by atoms with Gasteiger partial charge in [0.25, 0.3) is 0 Å². The predicted molar refractivity (Wildman–Crippen MR) is 31.7 cm³/mol. The van der Waals surface area contributed by atoms with Gasteiger partial charge < -0.3 is 4.28 Å². The van der Waals surface area contributed by atoms with Crippen LogP contribution in [0.2, 0.25) is 0 Å². The van der Waals surface area contributed by atoms with Crippen molar-refractivity contribution in [3.05, 3.63) is 0 Å². The van der Waals surface area contributed by atoms with Crippen LogP contribution in [0, 0.1) is 0 Å². The molecule has 8 radical (unpaired) electrons. The van der Waals surface area contributed by atoms with Gasteiger partial charge in [0, 0.05) is 97.7 Å². The van der Waals surface area contributed by atoms with Crippen LogP contribution in [-0.4, -0.2) is 70.1 Å². The molecular formula is H6FeGaKMgMnNiPPb. The number of hydrogen-bond donors (Lipinski definition) is 0. The van der Waals surface area contributed by atoms with Crippen molar-refractivity contribution in [1.29, 1.82) is 0 Å². The molecule has 0 aromatic rings. The Morgan fingerprint density at radius 3 is 1.12 bits per heavy atom. The second-order valence-electron chi connectivity index (χ2n) is 0. The molecule has 0 aromatic carbocycles. The first-order valence-corrected chi connectivity index (χ1v) is 0. The zero-order chi connectivity index (χ0) is 0. The van der Waals surface area contributed by atoms with Crippen LogP contribution in [0.4, 0.5) is 0 Å². The van der Waals surface area contributed by atoms with Crippen molar-refractivity contribution in [1.82, 2.24) is 0 Å². The summed E-state index contributed by atoms with van der Waals surface area (Å²) in [6.45, 7) is 0. The van der Waals surface area contributed by atoms with E-state index in [-0.39, 0.29) is 186 Å². The first-order chi connectivity index (χ1) is 0. The molecule has 0 amide bonds. The van der Waals surface area contributed by atoms with E-state index in [4.69, 9.17) is 0 Å². The quantitative estimate of drug-likeness (QED) is 0.217. The van der Waals surface area contributed by atoms with E-state index in [9.17, 15) is 0 Å². The second-order valence-corrected chi connectivity index (χ2v) is 0. The van der Waals surface area contributed by atoms with E-state index in [1.807, 2.05) is 0 Å². The monoisotopic (exact) mass is 546 g/mol. The first-order valence-electron chi connectivity index (χ1n) is 0. The minimum atomic E-state index is 0. The van der Waals surface area contributed by atoms with Gasteiger partial charge >= 0.3 is 74.4 Å². The summed E-state index contributed by atoms with van der Waals surface area (Å²) in [5.74, 6) is 0. The molecule has 0 saturated heterocycles. The smallest absolute Gasteiger partial charge is 1.00 e. The summed E-state index contributed by atoms with van der Waals surface area (Å²) in [5, 5.41) is 0. The molecule has 1 atom stereocenters. The average Bonchev–Trinajstić information content (AvgIpc) is 0. The van der Waals surface area contributed by atoms with Crippen LogP contribution in [0.3, 0.4) is 0 Å². The second kappa shape index (κ2) is 52.4. The van der Waals surface area contributed by atoms with E-state index in [0.29, 0.717) is 0 Å². The Morgan fingerprint density at radius 2 is 1.12 bits per heavy atom. The van der Waals surface area contributed by atoms with Gasteiger partial charge in [-0.2, -0.15) is 9.90 Å². The van der Waals surface area contributed by atoms with Crippen molar-refractivity contribution in [2.24, 2.45) is 0 Å². The summed E-state index contributed by atoms with van der Waals surface area (Å²) in [6, 6.07) is 0. The van der Waals surface area contributed by atoms with Crippen LogP contribution >= 0.6 is 9.90 Å². The van der Waals surface area contributed by atoms with Crippen LogP contribution in [-0.2, 0) is 50.6 Å². The molecule has 0 nitrogen and oxygen atoms in total. The fourth-order valence-electron chi connectivity index (χ4n) is 0. The van der Waals surface area contributed by atoms with Crippen molar-refractivity contribution < 1.29 is 106 Å². The molecule has 8 heteroatoms. The van der Waals surface area contributed by atoms with Crippen LogP contribution < -0.4 is 51.4 Å². The Bertz CT molecular complexity index is 33.3. The molecule has 0 rings (SSSR count). The average molecular weight is 547 g/mol. The summed E-state index contributed by atoms with van der Waals surface area (Å²) >= 11 is 0. The topological polar surface area (TPSA) is 0 Å². The molecule has 0 bridgehead atoms. The molecule has 0 saturated carbocycles. The molecule has 0 aliphatic carbocycles. The molecule has 0 spiro atoms. The molecule has 8 heavy (non-hydrogen) atoms. The maximum absolute atomic E-state index is 0. The van der Waals surface area contributed by atoms with Crippen molar-refractivity contribution in [3.63, 3.8) is 0 Å². The van der Waals surface area contributed by atoms with Crippen molar-refractivity contribution in [2.75, 3.05) is 0 Å². The standard InChI is InChI=1S/Fe.Ga.K.Mg.Mn.Ni.H3P.Pb.3H/h;;;;;;1H3;;;;/q;;+1;+2;;;;;3*-1. The fraction of sp³-hybridized carbons (Fsp3) is 0. The van der Waals surface area contributed by atoms with Crippen LogP contribution in [0.15, 0.2) is 0 Å². The van der Waals surface area contributed by atoms with E-state index in [1.54, 1.807) is 0 Å². The molecule has 0 heterocycles. The largest absolute Gasteiger partial charge is 2.00 e. The van der Waals surface area contributed by atoms with Crippen molar-refractivity contribution >= 4 is 80.0 Å². The van der Waals surface area contributed by atoms with Gasteiger partial charge in [-0.3, -0.25) is 0 Å². The van der Waals surface area contributed by atoms with E-state index < -0.39 is 0 Å². The van der Waals surface area contributed by atoms with Gasteiger partial charge in [-0.15, -0.1) is 0 Å². The van der Waals surface area contributed by atoms with Gasteiger partial charge in [-0.25, -0.2) is 0 Å². The fourth-order valence-corrected chi connectivity index (χ4v) is 0. The molecule has 1 unspecified atom stereocenters. The maximum atomic E-state index is 0. The summed E-state index contributed by atoms with van der Waals surface area (Å²) in [5.41, 5.74) is 0. The van der Waals surface area contributed by atoms with E-state index in [2.05, 4.69) is 0 Å². The Morgan fingerprint density at radius 1 is 1.12 bits per heavy atom. The van der Waals surface area contributed by atoms with Gasteiger partial charge in [0.15, 0.2) is 0 Å². The zero-order valence-electron chi connectivity index (χ0n) is 7.54. The SMILES string of the molecule is P.[Fe].[Ga].[H-].[H-].[H-].[K+].[Mg+2].[Mn].[Ni].[Pb]. The maximum Gasteiger partial charge on any atom is 2.00 e. The number of rotatable bonds is 0. The summed E-state index contributed by atoms with van der Waals surface area (Å²) in [6.07, 6.45) is 0. The Balaban J connectivity index is 0. The third kappa shape index (κ3) is 40.5. The molecule has 0 aromatic heterocycles. The summed E-state index contributed by atoms with van der Waals surface area (Å²) < 4.78 is 0.